The monoisotopic (exact) mass is 398 g/mol. The standard InChI is InChI=1S/C22H27FN4O2/c1-26(2)20(16-6-11-19-15(13-16)5-4-12-27(19)3)14-24-21(28)22(29)25-18-9-7-17(23)8-10-18/h6-11,13,20H,4-5,12,14H2,1-3H3,(H,24,28)(H,25,29)/t20-/m0/s1. The first-order chi connectivity index (χ1) is 13.8. The second kappa shape index (κ2) is 9.05. The number of hydrogen-bond donors (Lipinski definition) is 2. The smallest absolute Gasteiger partial charge is 0.313 e. The number of halogens is 1. The van der Waals surface area contributed by atoms with Crippen molar-refractivity contribution >= 4 is 23.2 Å². The van der Waals surface area contributed by atoms with Gasteiger partial charge in [0, 0.05) is 31.5 Å². The number of nitrogens with zero attached hydrogens (tertiary/aromatic N) is 2. The van der Waals surface area contributed by atoms with E-state index in [9.17, 15) is 14.0 Å². The number of amides is 2. The van der Waals surface area contributed by atoms with Crippen LogP contribution in [0.2, 0.25) is 0 Å². The van der Waals surface area contributed by atoms with E-state index in [1.165, 1.54) is 35.5 Å². The van der Waals surface area contributed by atoms with Crippen LogP contribution in [0.4, 0.5) is 15.8 Å². The van der Waals surface area contributed by atoms with Crippen LogP contribution in [0.1, 0.15) is 23.6 Å². The van der Waals surface area contributed by atoms with Crippen LogP contribution in [0.3, 0.4) is 0 Å². The van der Waals surface area contributed by atoms with Crippen molar-refractivity contribution in [1.29, 1.82) is 0 Å². The number of hydrogen-bond acceptors (Lipinski definition) is 4. The lowest BCUT2D eigenvalue weighted by Crippen LogP contribution is -2.40. The van der Waals surface area contributed by atoms with Crippen molar-refractivity contribution in [2.24, 2.45) is 0 Å². The second-order valence-electron chi connectivity index (χ2n) is 7.56. The molecule has 0 aliphatic carbocycles. The van der Waals surface area contributed by atoms with E-state index >= 15 is 0 Å². The molecule has 0 radical (unpaired) electrons. The second-order valence-corrected chi connectivity index (χ2v) is 7.56. The zero-order valence-corrected chi connectivity index (χ0v) is 17.0. The van der Waals surface area contributed by atoms with Gasteiger partial charge in [-0.15, -0.1) is 0 Å². The van der Waals surface area contributed by atoms with Gasteiger partial charge in [0.1, 0.15) is 5.82 Å². The number of carbonyl (C=O) groups excluding carboxylic acids is 2. The highest BCUT2D eigenvalue weighted by molar-refractivity contribution is 6.39. The van der Waals surface area contributed by atoms with E-state index in [0.29, 0.717) is 12.2 Å². The molecule has 0 unspecified atom stereocenters. The Kier molecular flexibility index (Phi) is 6.49. The number of benzene rings is 2. The number of rotatable bonds is 5. The molecule has 0 bridgehead atoms. The first kappa shape index (κ1) is 20.8. The maximum atomic E-state index is 13.0. The van der Waals surface area contributed by atoms with Crippen molar-refractivity contribution in [2.45, 2.75) is 18.9 Å². The van der Waals surface area contributed by atoms with Gasteiger partial charge in [-0.1, -0.05) is 12.1 Å². The average Bonchev–Trinajstić information content (AvgIpc) is 2.69. The minimum Gasteiger partial charge on any atom is -0.374 e. The van der Waals surface area contributed by atoms with Gasteiger partial charge >= 0.3 is 11.8 Å². The summed E-state index contributed by atoms with van der Waals surface area (Å²) in [5.74, 6) is -1.91. The topological polar surface area (TPSA) is 64.7 Å². The predicted octanol–water partition coefficient (Wildman–Crippen LogP) is 2.57. The third-order valence-electron chi connectivity index (χ3n) is 5.23. The largest absolute Gasteiger partial charge is 0.374 e. The lowest BCUT2D eigenvalue weighted by atomic mass is 9.96. The molecular weight excluding hydrogens is 371 g/mol. The van der Waals surface area contributed by atoms with Crippen LogP contribution in [-0.4, -0.2) is 50.9 Å². The van der Waals surface area contributed by atoms with Gasteiger partial charge in [0.15, 0.2) is 0 Å². The summed E-state index contributed by atoms with van der Waals surface area (Å²) in [6.07, 6.45) is 2.17. The summed E-state index contributed by atoms with van der Waals surface area (Å²) in [5, 5.41) is 5.18. The molecule has 0 aromatic heterocycles. The Morgan fingerprint density at radius 1 is 1.14 bits per heavy atom. The van der Waals surface area contributed by atoms with Crippen molar-refractivity contribution in [1.82, 2.24) is 10.2 Å². The SMILES string of the molecule is CN1CCCc2cc([C@H](CNC(=O)C(=O)Nc3ccc(F)cc3)N(C)C)ccc21. The molecule has 1 atom stereocenters. The molecule has 154 valence electrons. The third-order valence-corrected chi connectivity index (χ3v) is 5.23. The molecule has 0 saturated carbocycles. The summed E-state index contributed by atoms with van der Waals surface area (Å²) in [6, 6.07) is 11.6. The fourth-order valence-corrected chi connectivity index (χ4v) is 3.60. The third kappa shape index (κ3) is 5.12. The lowest BCUT2D eigenvalue weighted by Gasteiger charge is -2.30. The summed E-state index contributed by atoms with van der Waals surface area (Å²) in [5.41, 5.74) is 4.03. The molecule has 0 fully saturated rings. The first-order valence-electron chi connectivity index (χ1n) is 9.70. The Hall–Kier alpha value is -2.93. The van der Waals surface area contributed by atoms with Crippen LogP contribution in [-0.2, 0) is 16.0 Å². The predicted molar refractivity (Wildman–Crippen MR) is 113 cm³/mol. The fourth-order valence-electron chi connectivity index (χ4n) is 3.60. The molecule has 1 aliphatic heterocycles. The first-order valence-corrected chi connectivity index (χ1v) is 9.70. The van der Waals surface area contributed by atoms with Crippen LogP contribution >= 0.6 is 0 Å². The number of aryl methyl sites for hydroxylation is 1. The van der Waals surface area contributed by atoms with Gasteiger partial charge in [0.05, 0.1) is 6.04 Å². The van der Waals surface area contributed by atoms with Crippen LogP contribution in [0.5, 0.6) is 0 Å². The van der Waals surface area contributed by atoms with Crippen molar-refractivity contribution in [3.05, 3.63) is 59.4 Å². The number of likely N-dealkylation sites (N-methyl/N-ethyl adjacent to an activating group) is 1. The van der Waals surface area contributed by atoms with Crippen LogP contribution < -0.4 is 15.5 Å². The van der Waals surface area contributed by atoms with Gasteiger partial charge in [-0.05, 0) is 68.4 Å². The summed E-state index contributed by atoms with van der Waals surface area (Å²) in [6.45, 7) is 1.36. The molecule has 2 amide bonds. The van der Waals surface area contributed by atoms with Crippen molar-refractivity contribution in [3.8, 4) is 0 Å². The number of nitrogens with one attached hydrogen (secondary N) is 2. The van der Waals surface area contributed by atoms with Gasteiger partial charge < -0.3 is 20.4 Å². The maximum Gasteiger partial charge on any atom is 0.313 e. The summed E-state index contributed by atoms with van der Waals surface area (Å²) < 4.78 is 13.0. The van der Waals surface area contributed by atoms with E-state index in [2.05, 4.69) is 40.8 Å². The normalized spacial score (nSPS) is 14.3. The summed E-state index contributed by atoms with van der Waals surface area (Å²) in [4.78, 5) is 28.6. The van der Waals surface area contributed by atoms with Gasteiger partial charge in [0.25, 0.3) is 0 Å². The zero-order valence-electron chi connectivity index (χ0n) is 17.0. The molecule has 2 aromatic carbocycles. The highest BCUT2D eigenvalue weighted by Crippen LogP contribution is 2.29. The summed E-state index contributed by atoms with van der Waals surface area (Å²) >= 11 is 0. The van der Waals surface area contributed by atoms with E-state index in [1.54, 1.807) is 0 Å². The molecule has 6 nitrogen and oxygen atoms in total. The number of carbonyl (C=O) groups is 2. The number of fused-ring (bicyclic) bond motifs is 1. The minimum absolute atomic E-state index is 0.0601. The van der Waals surface area contributed by atoms with E-state index in [4.69, 9.17) is 0 Å². The van der Waals surface area contributed by atoms with E-state index in [-0.39, 0.29) is 6.04 Å². The Labute approximate surface area is 170 Å². The van der Waals surface area contributed by atoms with Crippen LogP contribution in [0, 0.1) is 5.82 Å². The Bertz CT molecular complexity index is 883. The average molecular weight is 398 g/mol. The van der Waals surface area contributed by atoms with E-state index < -0.39 is 17.6 Å². The molecule has 1 aliphatic rings. The Morgan fingerprint density at radius 2 is 1.86 bits per heavy atom. The van der Waals surface area contributed by atoms with Crippen molar-refractivity contribution in [3.63, 3.8) is 0 Å². The molecule has 0 saturated heterocycles. The maximum absolute atomic E-state index is 13.0. The van der Waals surface area contributed by atoms with E-state index in [0.717, 1.165) is 24.9 Å². The van der Waals surface area contributed by atoms with Crippen molar-refractivity contribution < 1.29 is 14.0 Å². The highest BCUT2D eigenvalue weighted by Gasteiger charge is 2.21. The fraction of sp³-hybridized carbons (Fsp3) is 0.364. The molecule has 3 rings (SSSR count). The Balaban J connectivity index is 1.64. The molecule has 1 heterocycles. The van der Waals surface area contributed by atoms with Crippen molar-refractivity contribution in [2.75, 3.05) is 44.4 Å². The van der Waals surface area contributed by atoms with Gasteiger partial charge in [-0.3, -0.25) is 9.59 Å². The minimum atomic E-state index is -0.777. The highest BCUT2D eigenvalue weighted by atomic mass is 19.1. The van der Waals surface area contributed by atoms with Gasteiger partial charge in [0.2, 0.25) is 0 Å². The van der Waals surface area contributed by atoms with Crippen LogP contribution in [0.25, 0.3) is 0 Å². The molecule has 7 heteroatoms. The molecule has 0 spiro atoms. The van der Waals surface area contributed by atoms with Crippen LogP contribution in [0.15, 0.2) is 42.5 Å². The molecular formula is C22H27FN4O2. The molecule has 29 heavy (non-hydrogen) atoms. The van der Waals surface area contributed by atoms with E-state index in [1.807, 2.05) is 19.0 Å². The molecule has 2 N–H and O–H groups in total. The Morgan fingerprint density at radius 3 is 2.55 bits per heavy atom. The number of anilines is 2. The summed E-state index contributed by atoms with van der Waals surface area (Å²) in [7, 11) is 5.99. The zero-order chi connectivity index (χ0) is 21.0. The quantitative estimate of drug-likeness (QED) is 0.760. The van der Waals surface area contributed by atoms with Gasteiger partial charge in [-0.2, -0.15) is 0 Å². The molecule has 2 aromatic rings. The lowest BCUT2D eigenvalue weighted by molar-refractivity contribution is -0.136. The van der Waals surface area contributed by atoms with Gasteiger partial charge in [-0.25, -0.2) is 4.39 Å².